The lowest BCUT2D eigenvalue weighted by Crippen LogP contribution is -2.32. The highest BCUT2D eigenvalue weighted by Gasteiger charge is 2.21. The summed E-state index contributed by atoms with van der Waals surface area (Å²) in [7, 11) is -3.28. The van der Waals surface area contributed by atoms with Crippen molar-refractivity contribution in [2.75, 3.05) is 11.5 Å². The second-order valence-electron chi connectivity index (χ2n) is 4.95. The van der Waals surface area contributed by atoms with Gasteiger partial charge in [0.1, 0.15) is 5.82 Å². The average molecular weight is 246 g/mol. The molecule has 1 aromatic heterocycles. The number of hydrogen-bond donors (Lipinski definition) is 3. The van der Waals surface area contributed by atoms with Crippen LogP contribution >= 0.6 is 0 Å². The smallest absolute Gasteiger partial charge is 0.212 e. The minimum Gasteiger partial charge on any atom is -0.384 e. The van der Waals surface area contributed by atoms with Crippen LogP contribution in [-0.2, 0) is 16.6 Å². The van der Waals surface area contributed by atoms with Crippen molar-refractivity contribution in [1.82, 2.24) is 14.9 Å². The zero-order valence-electron chi connectivity index (χ0n) is 9.74. The Balaban J connectivity index is 2.59. The number of rotatable bonds is 4. The first-order valence-corrected chi connectivity index (χ1v) is 6.60. The maximum absolute atomic E-state index is 11.7. The van der Waals surface area contributed by atoms with Crippen LogP contribution in [0.15, 0.2) is 6.20 Å². The van der Waals surface area contributed by atoms with Gasteiger partial charge in [-0.3, -0.25) is 5.10 Å². The fourth-order valence-corrected chi connectivity index (χ4v) is 2.89. The van der Waals surface area contributed by atoms with E-state index in [4.69, 9.17) is 5.73 Å². The molecule has 0 spiro atoms. The molecule has 16 heavy (non-hydrogen) atoms. The molecule has 4 N–H and O–H groups in total. The molecule has 7 heteroatoms. The predicted molar refractivity (Wildman–Crippen MR) is 63.1 cm³/mol. The second-order valence-corrected chi connectivity index (χ2v) is 6.76. The van der Waals surface area contributed by atoms with E-state index in [9.17, 15) is 8.42 Å². The summed E-state index contributed by atoms with van der Waals surface area (Å²) < 4.78 is 25.8. The van der Waals surface area contributed by atoms with Crippen LogP contribution in [-0.4, -0.2) is 24.4 Å². The van der Waals surface area contributed by atoms with Crippen LogP contribution in [0.3, 0.4) is 0 Å². The van der Waals surface area contributed by atoms with Gasteiger partial charge in [-0.15, -0.1) is 0 Å². The van der Waals surface area contributed by atoms with Crippen LogP contribution in [0.4, 0.5) is 5.82 Å². The van der Waals surface area contributed by atoms with Crippen molar-refractivity contribution in [3.05, 3.63) is 11.8 Å². The first-order chi connectivity index (χ1) is 7.20. The van der Waals surface area contributed by atoms with Gasteiger partial charge in [0, 0.05) is 12.1 Å². The Kier molecular flexibility index (Phi) is 3.59. The molecule has 0 saturated carbocycles. The molecule has 0 saturated heterocycles. The lowest BCUT2D eigenvalue weighted by molar-refractivity contribution is 0.458. The van der Waals surface area contributed by atoms with Crippen molar-refractivity contribution in [3.63, 3.8) is 0 Å². The van der Waals surface area contributed by atoms with Crippen molar-refractivity contribution in [3.8, 4) is 0 Å². The quantitative estimate of drug-likeness (QED) is 0.718. The van der Waals surface area contributed by atoms with Gasteiger partial charge in [-0.1, -0.05) is 20.8 Å². The normalized spacial score (nSPS) is 12.9. The molecule has 1 rings (SSSR count). The molecule has 0 aliphatic heterocycles. The van der Waals surface area contributed by atoms with E-state index in [0.29, 0.717) is 11.4 Å². The number of nitrogens with zero attached hydrogens (tertiary/aromatic N) is 1. The van der Waals surface area contributed by atoms with Crippen LogP contribution in [0.25, 0.3) is 0 Å². The van der Waals surface area contributed by atoms with E-state index in [1.165, 1.54) is 6.20 Å². The molecule has 0 fully saturated rings. The predicted octanol–water partition coefficient (Wildman–Crippen LogP) is 0.457. The van der Waals surface area contributed by atoms with Crippen LogP contribution in [0.5, 0.6) is 0 Å². The molecule has 6 nitrogen and oxygen atoms in total. The third-order valence-electron chi connectivity index (χ3n) is 1.86. The highest BCUT2D eigenvalue weighted by Crippen LogP contribution is 2.15. The Morgan fingerprint density at radius 1 is 1.50 bits per heavy atom. The average Bonchev–Trinajstić information content (AvgIpc) is 2.43. The minimum atomic E-state index is -3.28. The first-order valence-electron chi connectivity index (χ1n) is 4.95. The van der Waals surface area contributed by atoms with E-state index < -0.39 is 10.0 Å². The molecule has 0 aromatic carbocycles. The van der Waals surface area contributed by atoms with Gasteiger partial charge in [0.2, 0.25) is 10.0 Å². The highest BCUT2D eigenvalue weighted by molar-refractivity contribution is 7.89. The van der Waals surface area contributed by atoms with Gasteiger partial charge in [-0.05, 0) is 5.41 Å². The summed E-state index contributed by atoms with van der Waals surface area (Å²) in [4.78, 5) is 0. The van der Waals surface area contributed by atoms with E-state index in [2.05, 4.69) is 14.9 Å². The Labute approximate surface area is 95.7 Å². The molecular weight excluding hydrogens is 228 g/mol. The number of nitrogens with two attached hydrogens (primary N) is 1. The van der Waals surface area contributed by atoms with E-state index in [-0.39, 0.29) is 17.7 Å². The number of H-pyrrole nitrogens is 1. The first kappa shape index (κ1) is 13.0. The zero-order chi connectivity index (χ0) is 12.4. The van der Waals surface area contributed by atoms with E-state index in [1.54, 1.807) is 0 Å². The van der Waals surface area contributed by atoms with E-state index in [1.807, 2.05) is 20.8 Å². The molecule has 92 valence electrons. The van der Waals surface area contributed by atoms with Crippen LogP contribution in [0, 0.1) is 5.41 Å². The summed E-state index contributed by atoms with van der Waals surface area (Å²) in [5.74, 6) is 0.469. The molecule has 0 radical (unpaired) electrons. The highest BCUT2D eigenvalue weighted by atomic mass is 32.2. The molecule has 0 amide bonds. The number of nitrogen functional groups attached to an aromatic ring is 1. The maximum atomic E-state index is 11.7. The van der Waals surface area contributed by atoms with Gasteiger partial charge in [0.05, 0.1) is 11.9 Å². The number of aromatic nitrogens is 2. The van der Waals surface area contributed by atoms with Gasteiger partial charge in [-0.2, -0.15) is 5.10 Å². The van der Waals surface area contributed by atoms with Crippen LogP contribution < -0.4 is 10.5 Å². The SMILES string of the molecule is CC(C)(C)CS(=O)(=O)NCc1cn[nH]c1N. The monoisotopic (exact) mass is 246 g/mol. The van der Waals surface area contributed by atoms with Crippen molar-refractivity contribution in [2.45, 2.75) is 27.3 Å². The minimum absolute atomic E-state index is 0.0811. The molecule has 0 atom stereocenters. The summed E-state index contributed by atoms with van der Waals surface area (Å²) in [5.41, 5.74) is 5.92. The van der Waals surface area contributed by atoms with Gasteiger partial charge in [-0.25, -0.2) is 13.1 Å². The molecule has 0 aliphatic rings. The molecule has 0 aliphatic carbocycles. The van der Waals surface area contributed by atoms with Gasteiger partial charge in [0.15, 0.2) is 0 Å². The summed E-state index contributed by atoms with van der Waals surface area (Å²) in [6.07, 6.45) is 1.51. The van der Waals surface area contributed by atoms with E-state index >= 15 is 0 Å². The van der Waals surface area contributed by atoms with Crippen molar-refractivity contribution >= 4 is 15.8 Å². The number of nitrogens with one attached hydrogen (secondary N) is 2. The van der Waals surface area contributed by atoms with E-state index in [0.717, 1.165) is 0 Å². The van der Waals surface area contributed by atoms with Crippen molar-refractivity contribution in [1.29, 1.82) is 0 Å². The van der Waals surface area contributed by atoms with Gasteiger partial charge in [0.25, 0.3) is 0 Å². The van der Waals surface area contributed by atoms with Gasteiger partial charge < -0.3 is 5.73 Å². The third kappa shape index (κ3) is 4.19. The number of hydrogen-bond acceptors (Lipinski definition) is 4. The molecule has 0 bridgehead atoms. The Hall–Kier alpha value is -1.08. The van der Waals surface area contributed by atoms with Crippen molar-refractivity contribution < 1.29 is 8.42 Å². The zero-order valence-corrected chi connectivity index (χ0v) is 10.6. The molecular formula is C9H18N4O2S. The topological polar surface area (TPSA) is 101 Å². The Bertz CT molecular complexity index is 444. The molecule has 1 aromatic rings. The largest absolute Gasteiger partial charge is 0.384 e. The summed E-state index contributed by atoms with van der Waals surface area (Å²) in [5, 5.41) is 6.26. The Morgan fingerprint density at radius 2 is 2.12 bits per heavy atom. The summed E-state index contributed by atoms with van der Waals surface area (Å²) in [6.45, 7) is 5.79. The summed E-state index contributed by atoms with van der Waals surface area (Å²) in [6, 6.07) is 0. The Morgan fingerprint density at radius 3 is 2.56 bits per heavy atom. The fourth-order valence-electron chi connectivity index (χ4n) is 1.27. The standard InChI is InChI=1S/C9H18N4O2S/c1-9(2,3)6-16(14,15)12-5-7-4-11-13-8(7)10/h4,12H,5-6H2,1-3H3,(H3,10,11,13). The number of sulfonamides is 1. The lowest BCUT2D eigenvalue weighted by atomic mass is 10.0. The number of aromatic amines is 1. The lowest BCUT2D eigenvalue weighted by Gasteiger charge is -2.18. The van der Waals surface area contributed by atoms with Crippen molar-refractivity contribution in [2.24, 2.45) is 5.41 Å². The molecule has 1 heterocycles. The maximum Gasteiger partial charge on any atom is 0.212 e. The second kappa shape index (κ2) is 4.42. The fraction of sp³-hybridized carbons (Fsp3) is 0.667. The number of anilines is 1. The van der Waals surface area contributed by atoms with Gasteiger partial charge >= 0.3 is 0 Å². The molecule has 0 unspecified atom stereocenters. The summed E-state index contributed by atoms with van der Waals surface area (Å²) >= 11 is 0. The van der Waals surface area contributed by atoms with Crippen LogP contribution in [0.1, 0.15) is 26.3 Å². The van der Waals surface area contributed by atoms with Crippen LogP contribution in [0.2, 0.25) is 0 Å². The third-order valence-corrected chi connectivity index (χ3v) is 3.69.